The van der Waals surface area contributed by atoms with Crippen LogP contribution in [0.15, 0.2) is 77.5 Å². The number of pyridine rings is 1. The summed E-state index contributed by atoms with van der Waals surface area (Å²) < 4.78 is 11.4. The van der Waals surface area contributed by atoms with E-state index >= 15 is 0 Å². The predicted octanol–water partition coefficient (Wildman–Crippen LogP) is 6.45. The molecular formula is C29H33ClN4O3. The molecule has 1 unspecified atom stereocenters. The Morgan fingerprint density at radius 3 is 2.49 bits per heavy atom. The highest BCUT2D eigenvalue weighted by Gasteiger charge is 2.36. The minimum absolute atomic E-state index is 0.0339. The summed E-state index contributed by atoms with van der Waals surface area (Å²) in [7, 11) is 3.22. The van der Waals surface area contributed by atoms with Gasteiger partial charge in [-0.15, -0.1) is 0 Å². The first-order valence-electron chi connectivity index (χ1n) is 12.7. The van der Waals surface area contributed by atoms with E-state index in [0.29, 0.717) is 51.5 Å². The number of aliphatic imine (C=N–C) groups is 1. The molecule has 0 radical (unpaired) electrons. The fraction of sp³-hybridized carbons (Fsp3) is 0.379. The van der Waals surface area contributed by atoms with E-state index in [-0.39, 0.29) is 11.8 Å². The van der Waals surface area contributed by atoms with Crippen LogP contribution in [0, 0.1) is 5.92 Å². The minimum Gasteiger partial charge on any atom is -0.494 e. The molecule has 7 nitrogen and oxygen atoms in total. The zero-order valence-electron chi connectivity index (χ0n) is 21.4. The molecule has 0 amide bonds. The molecule has 0 spiro atoms. The van der Waals surface area contributed by atoms with Crippen molar-refractivity contribution in [3.8, 4) is 11.5 Å². The Bertz CT molecular complexity index is 1240. The summed E-state index contributed by atoms with van der Waals surface area (Å²) in [6.45, 7) is 10.1. The summed E-state index contributed by atoms with van der Waals surface area (Å²) in [5.74, 6) is 2.87. The Labute approximate surface area is 223 Å². The molecule has 37 heavy (non-hydrogen) atoms. The van der Waals surface area contributed by atoms with Crippen LogP contribution in [0.5, 0.6) is 11.5 Å². The van der Waals surface area contributed by atoms with Gasteiger partial charge in [0.2, 0.25) is 5.88 Å². The number of rotatable bonds is 9. The molecule has 2 aromatic rings. The van der Waals surface area contributed by atoms with Gasteiger partial charge in [0, 0.05) is 43.0 Å². The van der Waals surface area contributed by atoms with Gasteiger partial charge in [0.25, 0.3) is 0 Å². The lowest BCUT2D eigenvalue weighted by Crippen LogP contribution is -2.36. The van der Waals surface area contributed by atoms with Gasteiger partial charge in [-0.25, -0.2) is 4.99 Å². The normalized spacial score (nSPS) is 19.8. The Kier molecular flexibility index (Phi) is 7.15. The second-order valence-corrected chi connectivity index (χ2v) is 10.2. The number of methoxy groups -OCH3 is 2. The number of hydrogen-bond donors (Lipinski definition) is 1. The van der Waals surface area contributed by atoms with E-state index in [4.69, 9.17) is 26.1 Å². The molecule has 5 rings (SSSR count). The maximum Gasteiger partial charge on any atom is 0.209 e. The third-order valence-corrected chi connectivity index (χ3v) is 7.60. The molecule has 1 atom stereocenters. The average Bonchev–Trinajstić information content (AvgIpc) is 3.60. The van der Waals surface area contributed by atoms with Crippen molar-refractivity contribution >= 4 is 23.1 Å². The molecule has 0 bridgehead atoms. The number of anilines is 1. The quantitative estimate of drug-likeness (QED) is 0.410. The van der Waals surface area contributed by atoms with Crippen LogP contribution in [0.2, 0.25) is 5.02 Å². The maximum absolute atomic E-state index is 11.8. The van der Waals surface area contributed by atoms with E-state index in [2.05, 4.69) is 23.0 Å². The van der Waals surface area contributed by atoms with Crippen molar-refractivity contribution in [1.82, 2.24) is 9.88 Å². The number of benzene rings is 1. The standard InChI is InChI=1S/C29H33ClN4O3/c1-18-27(19(2)33-15-14-21(17-33)23-12-11-22(30)16-31-23)29(35)34(26(32-18)13-10-20-8-9-20)28-24(36-3)6-5-7-25(28)37-4/h5-7,11-12,16,20-21,35H,1-2,8-10,13-15,17H2,3-4H3. The summed E-state index contributed by atoms with van der Waals surface area (Å²) in [5.41, 5.74) is 3.32. The molecule has 1 aliphatic carbocycles. The van der Waals surface area contributed by atoms with Gasteiger partial charge in [-0.3, -0.25) is 9.88 Å². The average molecular weight is 521 g/mol. The molecule has 1 N–H and O–H groups in total. The van der Waals surface area contributed by atoms with Crippen molar-refractivity contribution in [3.63, 3.8) is 0 Å². The smallest absolute Gasteiger partial charge is 0.209 e. The second-order valence-electron chi connectivity index (χ2n) is 9.78. The highest BCUT2D eigenvalue weighted by molar-refractivity contribution is 6.30. The Hall–Kier alpha value is -3.45. The number of para-hydroxylation sites is 1. The molecular weight excluding hydrogens is 488 g/mol. The van der Waals surface area contributed by atoms with Gasteiger partial charge >= 0.3 is 0 Å². The van der Waals surface area contributed by atoms with Gasteiger partial charge in [0.1, 0.15) is 23.0 Å². The number of halogens is 1. The lowest BCUT2D eigenvalue weighted by Gasteiger charge is -2.34. The highest BCUT2D eigenvalue weighted by Crippen LogP contribution is 2.45. The first kappa shape index (κ1) is 25.2. The molecule has 1 saturated heterocycles. The van der Waals surface area contributed by atoms with E-state index in [1.807, 2.05) is 30.3 Å². The van der Waals surface area contributed by atoms with Gasteiger partial charge in [-0.05, 0) is 43.0 Å². The molecule has 2 aliphatic heterocycles. The third kappa shape index (κ3) is 5.05. The largest absolute Gasteiger partial charge is 0.494 e. The third-order valence-electron chi connectivity index (χ3n) is 7.37. The first-order valence-corrected chi connectivity index (χ1v) is 13.1. The van der Waals surface area contributed by atoms with Gasteiger partial charge in [-0.2, -0.15) is 0 Å². The van der Waals surface area contributed by atoms with Crippen molar-refractivity contribution < 1.29 is 14.6 Å². The molecule has 1 aromatic heterocycles. The zero-order chi connectivity index (χ0) is 26.1. The summed E-state index contributed by atoms with van der Waals surface area (Å²) in [6.07, 6.45) is 6.81. The summed E-state index contributed by atoms with van der Waals surface area (Å²) >= 11 is 6.03. The summed E-state index contributed by atoms with van der Waals surface area (Å²) in [4.78, 5) is 13.3. The minimum atomic E-state index is 0.0339. The molecule has 3 aliphatic rings. The van der Waals surface area contributed by atoms with Crippen LogP contribution in [0.3, 0.4) is 0 Å². The summed E-state index contributed by atoms with van der Waals surface area (Å²) in [6, 6.07) is 9.41. The SMILES string of the molecule is C=C1N=C(CCC2CC2)N(c2c(OC)cccc2OC)C(O)=C1C(=C)N1CCC(c2ccc(Cl)cn2)C1. The number of aliphatic hydroxyl groups is 1. The van der Waals surface area contributed by atoms with E-state index in [1.54, 1.807) is 25.3 Å². The van der Waals surface area contributed by atoms with Crippen LogP contribution in [-0.2, 0) is 0 Å². The number of amidine groups is 1. The number of aromatic nitrogens is 1. The Balaban J connectivity index is 1.49. The van der Waals surface area contributed by atoms with Gasteiger partial charge < -0.3 is 19.5 Å². The maximum atomic E-state index is 11.8. The van der Waals surface area contributed by atoms with Gasteiger partial charge in [0.15, 0.2) is 0 Å². The van der Waals surface area contributed by atoms with Crippen LogP contribution in [0.1, 0.15) is 43.7 Å². The van der Waals surface area contributed by atoms with Crippen LogP contribution in [0.4, 0.5) is 5.69 Å². The number of nitrogens with zero attached hydrogens (tertiary/aromatic N) is 4. The van der Waals surface area contributed by atoms with E-state index < -0.39 is 0 Å². The topological polar surface area (TPSA) is 70.4 Å². The molecule has 2 fully saturated rings. The molecule has 194 valence electrons. The second kappa shape index (κ2) is 10.5. The lowest BCUT2D eigenvalue weighted by molar-refractivity contribution is 0.370. The highest BCUT2D eigenvalue weighted by atomic mass is 35.5. The number of ether oxygens (including phenoxy) is 2. The molecule has 1 aromatic carbocycles. The van der Waals surface area contributed by atoms with E-state index in [1.165, 1.54) is 12.8 Å². The first-order chi connectivity index (χ1) is 17.9. The van der Waals surface area contributed by atoms with Crippen LogP contribution >= 0.6 is 11.6 Å². The van der Waals surface area contributed by atoms with Crippen LogP contribution in [-0.4, -0.2) is 48.1 Å². The molecule has 3 heterocycles. The molecule has 8 heteroatoms. The van der Waals surface area contributed by atoms with Crippen molar-refractivity contribution in [3.05, 3.63) is 83.3 Å². The predicted molar refractivity (Wildman–Crippen MR) is 148 cm³/mol. The monoisotopic (exact) mass is 520 g/mol. The Morgan fingerprint density at radius 2 is 1.86 bits per heavy atom. The molecule has 1 saturated carbocycles. The fourth-order valence-corrected chi connectivity index (χ4v) is 5.26. The van der Waals surface area contributed by atoms with Gasteiger partial charge in [0.05, 0.1) is 30.5 Å². The Morgan fingerprint density at radius 1 is 1.14 bits per heavy atom. The van der Waals surface area contributed by atoms with Crippen molar-refractivity contribution in [1.29, 1.82) is 0 Å². The number of hydrogen-bond acceptors (Lipinski definition) is 7. The van der Waals surface area contributed by atoms with Crippen molar-refractivity contribution in [2.45, 2.75) is 38.0 Å². The summed E-state index contributed by atoms with van der Waals surface area (Å²) in [5, 5.41) is 12.5. The van der Waals surface area contributed by atoms with Gasteiger partial charge in [-0.1, -0.05) is 43.7 Å². The fourth-order valence-electron chi connectivity index (χ4n) is 5.15. The zero-order valence-corrected chi connectivity index (χ0v) is 22.2. The number of aliphatic hydroxyl groups excluding tert-OH is 1. The lowest BCUT2D eigenvalue weighted by atomic mass is 10.0. The van der Waals surface area contributed by atoms with Crippen LogP contribution < -0.4 is 14.4 Å². The number of likely N-dealkylation sites (tertiary alicyclic amines) is 1. The van der Waals surface area contributed by atoms with Crippen LogP contribution in [0.25, 0.3) is 0 Å². The van der Waals surface area contributed by atoms with E-state index in [9.17, 15) is 5.11 Å². The van der Waals surface area contributed by atoms with E-state index in [0.717, 1.165) is 37.5 Å². The van der Waals surface area contributed by atoms with Crippen molar-refractivity contribution in [2.24, 2.45) is 10.9 Å². The van der Waals surface area contributed by atoms with Crippen molar-refractivity contribution in [2.75, 3.05) is 32.2 Å².